The standard InChI is InChI=1S/C14H23N3/c1-6-14(3,4)17(5)12-8-7-10(2)9-11(12)13(15)16/h7-9H,6H2,1-5H3,(H3,15,16). The van der Waals surface area contributed by atoms with Gasteiger partial charge in [-0.2, -0.15) is 0 Å². The molecule has 1 aromatic rings. The van der Waals surface area contributed by atoms with E-state index in [2.05, 4.69) is 38.8 Å². The van der Waals surface area contributed by atoms with E-state index < -0.39 is 0 Å². The quantitative estimate of drug-likeness (QED) is 0.620. The topological polar surface area (TPSA) is 53.1 Å². The van der Waals surface area contributed by atoms with Crippen LogP contribution in [0.25, 0.3) is 0 Å². The van der Waals surface area contributed by atoms with Crippen molar-refractivity contribution in [2.24, 2.45) is 5.73 Å². The van der Waals surface area contributed by atoms with Gasteiger partial charge in [-0.3, -0.25) is 5.41 Å². The molecule has 0 saturated carbocycles. The summed E-state index contributed by atoms with van der Waals surface area (Å²) >= 11 is 0. The molecule has 1 aromatic carbocycles. The van der Waals surface area contributed by atoms with Gasteiger partial charge in [-0.15, -0.1) is 0 Å². The van der Waals surface area contributed by atoms with E-state index in [1.54, 1.807) is 0 Å². The fraction of sp³-hybridized carbons (Fsp3) is 0.500. The number of aryl methyl sites for hydroxylation is 1. The molecule has 0 amide bonds. The molecule has 0 aliphatic rings. The second-order valence-electron chi connectivity index (χ2n) is 5.16. The average Bonchev–Trinajstić information content (AvgIpc) is 2.28. The molecule has 0 unspecified atom stereocenters. The Morgan fingerprint density at radius 2 is 2.00 bits per heavy atom. The highest BCUT2D eigenvalue weighted by Gasteiger charge is 2.23. The van der Waals surface area contributed by atoms with Crippen molar-refractivity contribution in [1.29, 1.82) is 5.41 Å². The van der Waals surface area contributed by atoms with E-state index in [0.29, 0.717) is 0 Å². The molecule has 0 saturated heterocycles. The zero-order valence-electron chi connectivity index (χ0n) is 11.5. The number of anilines is 1. The molecular weight excluding hydrogens is 210 g/mol. The van der Waals surface area contributed by atoms with Gasteiger partial charge in [0.15, 0.2) is 0 Å². The Labute approximate surface area is 104 Å². The van der Waals surface area contributed by atoms with Crippen molar-refractivity contribution in [1.82, 2.24) is 0 Å². The summed E-state index contributed by atoms with van der Waals surface area (Å²) in [6.45, 7) is 8.56. The number of rotatable bonds is 4. The number of nitrogens with one attached hydrogen (secondary N) is 1. The van der Waals surface area contributed by atoms with Gasteiger partial charge < -0.3 is 10.6 Å². The number of hydrogen-bond donors (Lipinski definition) is 2. The van der Waals surface area contributed by atoms with E-state index in [-0.39, 0.29) is 11.4 Å². The fourth-order valence-electron chi connectivity index (χ4n) is 1.72. The molecule has 17 heavy (non-hydrogen) atoms. The highest BCUT2D eigenvalue weighted by molar-refractivity contribution is 6.00. The molecule has 0 aromatic heterocycles. The zero-order valence-corrected chi connectivity index (χ0v) is 11.5. The lowest BCUT2D eigenvalue weighted by molar-refractivity contribution is 0.470. The minimum atomic E-state index is 0.0550. The third-order valence-corrected chi connectivity index (χ3v) is 3.58. The van der Waals surface area contributed by atoms with Crippen molar-refractivity contribution in [2.75, 3.05) is 11.9 Å². The van der Waals surface area contributed by atoms with Crippen molar-refractivity contribution >= 4 is 11.5 Å². The Hall–Kier alpha value is -1.51. The summed E-state index contributed by atoms with van der Waals surface area (Å²) in [6, 6.07) is 6.08. The van der Waals surface area contributed by atoms with Gasteiger partial charge >= 0.3 is 0 Å². The largest absolute Gasteiger partial charge is 0.384 e. The third kappa shape index (κ3) is 2.78. The molecule has 0 spiro atoms. The number of nitrogens with zero attached hydrogens (tertiary/aromatic N) is 1. The van der Waals surface area contributed by atoms with E-state index in [9.17, 15) is 0 Å². The maximum Gasteiger partial charge on any atom is 0.124 e. The molecule has 0 fully saturated rings. The highest BCUT2D eigenvalue weighted by atomic mass is 15.2. The lowest BCUT2D eigenvalue weighted by Gasteiger charge is -2.38. The van der Waals surface area contributed by atoms with Gasteiger partial charge in [0.25, 0.3) is 0 Å². The lowest BCUT2D eigenvalue weighted by Crippen LogP contribution is -2.41. The molecule has 3 nitrogen and oxygen atoms in total. The number of nitrogens with two attached hydrogens (primary N) is 1. The number of hydrogen-bond acceptors (Lipinski definition) is 2. The first kappa shape index (κ1) is 13.6. The molecule has 0 bridgehead atoms. The summed E-state index contributed by atoms with van der Waals surface area (Å²) < 4.78 is 0. The minimum Gasteiger partial charge on any atom is -0.384 e. The third-order valence-electron chi connectivity index (χ3n) is 3.58. The highest BCUT2D eigenvalue weighted by Crippen LogP contribution is 2.28. The molecule has 0 atom stereocenters. The van der Waals surface area contributed by atoms with Crippen molar-refractivity contribution < 1.29 is 0 Å². The Morgan fingerprint density at radius 3 is 2.47 bits per heavy atom. The van der Waals surface area contributed by atoms with Crippen molar-refractivity contribution in [3.8, 4) is 0 Å². The Balaban J connectivity index is 3.26. The predicted octanol–water partition coefficient (Wildman–Crippen LogP) is 2.90. The van der Waals surface area contributed by atoms with Crippen molar-refractivity contribution in [3.05, 3.63) is 29.3 Å². The van der Waals surface area contributed by atoms with Crippen LogP contribution in [0, 0.1) is 12.3 Å². The van der Waals surface area contributed by atoms with Crippen LogP contribution in [0.1, 0.15) is 38.3 Å². The van der Waals surface area contributed by atoms with E-state index in [0.717, 1.165) is 23.2 Å². The molecule has 0 heterocycles. The summed E-state index contributed by atoms with van der Waals surface area (Å²) in [6.07, 6.45) is 1.04. The van der Waals surface area contributed by atoms with Crippen LogP contribution in [-0.4, -0.2) is 18.4 Å². The average molecular weight is 233 g/mol. The molecule has 94 valence electrons. The van der Waals surface area contributed by atoms with Crippen LogP contribution in [0.15, 0.2) is 18.2 Å². The zero-order chi connectivity index (χ0) is 13.2. The predicted molar refractivity (Wildman–Crippen MR) is 75.0 cm³/mol. The summed E-state index contributed by atoms with van der Waals surface area (Å²) in [5.74, 6) is 0.127. The first-order chi connectivity index (χ1) is 7.79. The molecule has 0 radical (unpaired) electrons. The normalized spacial score (nSPS) is 11.4. The number of nitrogen functional groups attached to an aromatic ring is 1. The van der Waals surface area contributed by atoms with Gasteiger partial charge in [0.1, 0.15) is 5.84 Å². The summed E-state index contributed by atoms with van der Waals surface area (Å²) in [5, 5.41) is 7.68. The van der Waals surface area contributed by atoms with E-state index in [4.69, 9.17) is 11.1 Å². The van der Waals surface area contributed by atoms with Crippen molar-refractivity contribution in [3.63, 3.8) is 0 Å². The van der Waals surface area contributed by atoms with E-state index in [1.165, 1.54) is 0 Å². The number of amidine groups is 1. The molecule has 3 N–H and O–H groups in total. The van der Waals surface area contributed by atoms with Crippen LogP contribution in [-0.2, 0) is 0 Å². The summed E-state index contributed by atoms with van der Waals surface area (Å²) in [5.41, 5.74) is 8.68. The second-order valence-corrected chi connectivity index (χ2v) is 5.16. The van der Waals surface area contributed by atoms with Gasteiger partial charge in [-0.05, 0) is 39.3 Å². The monoisotopic (exact) mass is 233 g/mol. The SMILES string of the molecule is CCC(C)(C)N(C)c1ccc(C)cc1C(=N)N. The van der Waals surface area contributed by atoms with Gasteiger partial charge in [0.05, 0.1) is 0 Å². The summed E-state index contributed by atoms with van der Waals surface area (Å²) in [4.78, 5) is 2.20. The van der Waals surface area contributed by atoms with Crippen LogP contribution >= 0.6 is 0 Å². The molecule has 0 aliphatic heterocycles. The Bertz CT molecular complexity index is 421. The first-order valence-electron chi connectivity index (χ1n) is 5.98. The molecule has 3 heteroatoms. The first-order valence-corrected chi connectivity index (χ1v) is 5.98. The number of benzene rings is 1. The minimum absolute atomic E-state index is 0.0550. The fourth-order valence-corrected chi connectivity index (χ4v) is 1.72. The van der Waals surface area contributed by atoms with Gasteiger partial charge in [-0.25, -0.2) is 0 Å². The molecular formula is C14H23N3. The second kappa shape index (κ2) is 4.78. The Morgan fingerprint density at radius 1 is 1.41 bits per heavy atom. The van der Waals surface area contributed by atoms with Gasteiger partial charge in [-0.1, -0.05) is 18.6 Å². The Kier molecular flexibility index (Phi) is 3.81. The van der Waals surface area contributed by atoms with E-state index >= 15 is 0 Å². The van der Waals surface area contributed by atoms with Crippen molar-refractivity contribution in [2.45, 2.75) is 39.7 Å². The molecule has 0 aliphatic carbocycles. The maximum absolute atomic E-state index is 7.68. The van der Waals surface area contributed by atoms with E-state index in [1.807, 2.05) is 19.1 Å². The van der Waals surface area contributed by atoms with Crippen LogP contribution in [0.2, 0.25) is 0 Å². The van der Waals surface area contributed by atoms with Gasteiger partial charge in [0, 0.05) is 23.8 Å². The van der Waals surface area contributed by atoms with Crippen LogP contribution < -0.4 is 10.6 Å². The van der Waals surface area contributed by atoms with Crippen LogP contribution in [0.5, 0.6) is 0 Å². The van der Waals surface area contributed by atoms with Gasteiger partial charge in [0.2, 0.25) is 0 Å². The smallest absolute Gasteiger partial charge is 0.124 e. The van der Waals surface area contributed by atoms with Crippen LogP contribution in [0.4, 0.5) is 5.69 Å². The lowest BCUT2D eigenvalue weighted by atomic mass is 9.97. The summed E-state index contributed by atoms with van der Waals surface area (Å²) in [7, 11) is 2.06. The maximum atomic E-state index is 7.68. The molecule has 1 rings (SSSR count). The van der Waals surface area contributed by atoms with Crippen LogP contribution in [0.3, 0.4) is 0 Å².